The van der Waals surface area contributed by atoms with E-state index in [9.17, 15) is 13.2 Å². The molecular weight excluding hydrogens is 295 g/mol. The van der Waals surface area contributed by atoms with E-state index in [0.29, 0.717) is 22.9 Å². The first kappa shape index (κ1) is 13.0. The highest BCUT2D eigenvalue weighted by atomic mass is 32.1. The molecule has 0 saturated carbocycles. The first-order valence-corrected chi connectivity index (χ1v) is 6.38. The van der Waals surface area contributed by atoms with Gasteiger partial charge in [-0.3, -0.25) is 0 Å². The van der Waals surface area contributed by atoms with E-state index in [2.05, 4.69) is 20.5 Å². The molecule has 0 fully saturated rings. The van der Waals surface area contributed by atoms with Gasteiger partial charge in [0.1, 0.15) is 10.8 Å². The van der Waals surface area contributed by atoms with Crippen LogP contribution in [0.5, 0.6) is 0 Å². The van der Waals surface area contributed by atoms with Crippen LogP contribution in [0.3, 0.4) is 0 Å². The van der Waals surface area contributed by atoms with Crippen LogP contribution < -0.4 is 0 Å². The highest BCUT2D eigenvalue weighted by Crippen LogP contribution is 2.29. The van der Waals surface area contributed by atoms with E-state index in [1.807, 2.05) is 0 Å². The highest BCUT2D eigenvalue weighted by molar-refractivity contribution is 7.16. The Morgan fingerprint density at radius 1 is 1.25 bits per heavy atom. The van der Waals surface area contributed by atoms with E-state index >= 15 is 0 Å². The van der Waals surface area contributed by atoms with Crippen LogP contribution in [0.1, 0.15) is 27.8 Å². The summed E-state index contributed by atoms with van der Waals surface area (Å²) >= 11 is 1.06. The Balaban J connectivity index is 2.00. The summed E-state index contributed by atoms with van der Waals surface area (Å²) < 4.78 is 43.8. The van der Waals surface area contributed by atoms with Gasteiger partial charge in [-0.25, -0.2) is 0 Å². The third-order valence-electron chi connectivity index (χ3n) is 2.80. The van der Waals surface area contributed by atoms with Crippen molar-refractivity contribution in [3.8, 4) is 0 Å². The molecule has 3 rings (SSSR count). The van der Waals surface area contributed by atoms with Gasteiger partial charge in [0, 0.05) is 12.0 Å². The van der Waals surface area contributed by atoms with E-state index in [1.54, 1.807) is 13.8 Å². The van der Waals surface area contributed by atoms with E-state index in [4.69, 9.17) is 4.52 Å². The van der Waals surface area contributed by atoms with Crippen molar-refractivity contribution in [1.29, 1.82) is 0 Å². The number of fused-ring (bicyclic) bond motifs is 1. The van der Waals surface area contributed by atoms with Gasteiger partial charge in [-0.15, -0.1) is 10.2 Å². The molecule has 0 spiro atoms. The predicted molar refractivity (Wildman–Crippen MR) is 62.4 cm³/mol. The molecule has 0 amide bonds. The fourth-order valence-electron chi connectivity index (χ4n) is 1.81. The predicted octanol–water partition coefficient (Wildman–Crippen LogP) is 2.40. The molecule has 0 aliphatic carbocycles. The lowest BCUT2D eigenvalue weighted by Crippen LogP contribution is -2.11. The Hall–Kier alpha value is -1.97. The summed E-state index contributed by atoms with van der Waals surface area (Å²) in [6, 6.07) is 0. The van der Waals surface area contributed by atoms with Gasteiger partial charge in [0.15, 0.2) is 0 Å². The van der Waals surface area contributed by atoms with Crippen LogP contribution in [-0.2, 0) is 12.6 Å². The van der Waals surface area contributed by atoms with Gasteiger partial charge in [-0.1, -0.05) is 16.5 Å². The topological polar surface area (TPSA) is 69.1 Å². The summed E-state index contributed by atoms with van der Waals surface area (Å²) in [5.74, 6) is -0.488. The fraction of sp³-hybridized carbons (Fsp3) is 0.400. The number of nitrogens with zero attached hydrogens (tertiary/aromatic N) is 5. The Morgan fingerprint density at radius 3 is 2.60 bits per heavy atom. The Morgan fingerprint density at radius 2 is 2.00 bits per heavy atom. The minimum absolute atomic E-state index is 0.110. The molecule has 0 atom stereocenters. The van der Waals surface area contributed by atoms with Crippen molar-refractivity contribution >= 4 is 16.3 Å². The van der Waals surface area contributed by atoms with Crippen molar-refractivity contribution in [1.82, 2.24) is 25.0 Å². The Kier molecular flexibility index (Phi) is 2.78. The van der Waals surface area contributed by atoms with Crippen LogP contribution in [0, 0.1) is 13.8 Å². The van der Waals surface area contributed by atoms with Crippen molar-refractivity contribution in [3.63, 3.8) is 0 Å². The molecule has 0 N–H and O–H groups in total. The summed E-state index contributed by atoms with van der Waals surface area (Å²) in [4.78, 5) is 0.110. The lowest BCUT2D eigenvalue weighted by molar-refractivity contribution is -0.146. The lowest BCUT2D eigenvalue weighted by Gasteiger charge is -2.00. The maximum absolute atomic E-state index is 12.7. The van der Waals surface area contributed by atoms with Gasteiger partial charge in [-0.2, -0.15) is 22.8 Å². The Bertz CT molecular complexity index is 752. The van der Waals surface area contributed by atoms with E-state index in [-0.39, 0.29) is 4.96 Å². The average molecular weight is 303 g/mol. The van der Waals surface area contributed by atoms with Crippen LogP contribution in [0.25, 0.3) is 4.96 Å². The minimum Gasteiger partial charge on any atom is -0.361 e. The summed E-state index contributed by atoms with van der Waals surface area (Å²) in [7, 11) is 0. The molecule has 106 valence electrons. The van der Waals surface area contributed by atoms with E-state index in [1.165, 1.54) is 0 Å². The largest absolute Gasteiger partial charge is 0.453 e. The highest BCUT2D eigenvalue weighted by Gasteiger charge is 2.38. The molecule has 0 aromatic carbocycles. The molecule has 0 radical (unpaired) electrons. The summed E-state index contributed by atoms with van der Waals surface area (Å²) in [5.41, 5.74) is 1.52. The fourth-order valence-corrected chi connectivity index (χ4v) is 2.66. The summed E-state index contributed by atoms with van der Waals surface area (Å²) in [5, 5.41) is 14.8. The molecule has 20 heavy (non-hydrogen) atoms. The van der Waals surface area contributed by atoms with Crippen molar-refractivity contribution in [2.45, 2.75) is 26.4 Å². The molecule has 0 bridgehead atoms. The third kappa shape index (κ3) is 2.05. The number of aryl methyl sites for hydroxylation is 2. The third-order valence-corrected chi connectivity index (χ3v) is 3.69. The van der Waals surface area contributed by atoms with Crippen LogP contribution in [0.2, 0.25) is 0 Å². The quantitative estimate of drug-likeness (QED) is 0.727. The normalized spacial score (nSPS) is 12.4. The van der Waals surface area contributed by atoms with Crippen LogP contribution >= 0.6 is 11.3 Å². The Labute approximate surface area is 114 Å². The first-order chi connectivity index (χ1) is 9.36. The number of hydrogen-bond donors (Lipinski definition) is 0. The smallest absolute Gasteiger partial charge is 0.361 e. The minimum atomic E-state index is -4.58. The van der Waals surface area contributed by atoms with Crippen LogP contribution in [0.4, 0.5) is 13.2 Å². The summed E-state index contributed by atoms with van der Waals surface area (Å²) in [6.45, 7) is 3.52. The standard InChI is InChI=1S/C10H8F3N5OS/c1-4-6(5(2)19-17-4)3-7-16-18-8(10(11,12)13)14-15-9(18)20-7/h3H2,1-2H3. The SMILES string of the molecule is Cc1noc(C)c1Cc1nn2c(C(F)(F)F)nnc2s1. The van der Waals surface area contributed by atoms with Crippen LogP contribution in [-0.4, -0.2) is 25.0 Å². The molecule has 3 aromatic heterocycles. The lowest BCUT2D eigenvalue weighted by atomic mass is 10.1. The van der Waals surface area contributed by atoms with Crippen LogP contribution in [0.15, 0.2) is 4.52 Å². The second-order valence-corrected chi connectivity index (χ2v) is 5.23. The summed E-state index contributed by atoms with van der Waals surface area (Å²) in [6.07, 6.45) is -4.22. The molecular formula is C10H8F3N5OS. The number of alkyl halides is 3. The first-order valence-electron chi connectivity index (χ1n) is 5.56. The molecule has 6 nitrogen and oxygen atoms in total. The molecule has 0 aliphatic heterocycles. The number of aromatic nitrogens is 5. The number of halogens is 3. The van der Waals surface area contributed by atoms with Crippen molar-refractivity contribution in [2.75, 3.05) is 0 Å². The molecule has 0 unspecified atom stereocenters. The zero-order valence-corrected chi connectivity index (χ0v) is 11.2. The molecule has 10 heteroatoms. The van der Waals surface area contributed by atoms with Gasteiger partial charge in [0.2, 0.25) is 4.96 Å². The molecule has 3 aromatic rings. The van der Waals surface area contributed by atoms with Gasteiger partial charge in [-0.05, 0) is 13.8 Å². The zero-order chi connectivity index (χ0) is 14.5. The molecule has 0 saturated heterocycles. The van der Waals surface area contributed by atoms with E-state index in [0.717, 1.165) is 21.4 Å². The number of rotatable bonds is 2. The van der Waals surface area contributed by atoms with Gasteiger partial charge >= 0.3 is 6.18 Å². The molecule has 0 aliphatic rings. The maximum atomic E-state index is 12.7. The zero-order valence-electron chi connectivity index (χ0n) is 10.4. The number of hydrogen-bond acceptors (Lipinski definition) is 6. The van der Waals surface area contributed by atoms with Gasteiger partial charge in [0.05, 0.1) is 5.69 Å². The second kappa shape index (κ2) is 4.27. The van der Waals surface area contributed by atoms with Crippen molar-refractivity contribution < 1.29 is 17.7 Å². The van der Waals surface area contributed by atoms with Gasteiger partial charge in [0.25, 0.3) is 5.82 Å². The average Bonchev–Trinajstić information content (AvgIpc) is 2.97. The monoisotopic (exact) mass is 303 g/mol. The van der Waals surface area contributed by atoms with E-state index < -0.39 is 12.0 Å². The molecule has 3 heterocycles. The van der Waals surface area contributed by atoms with Crippen molar-refractivity contribution in [3.05, 3.63) is 27.8 Å². The van der Waals surface area contributed by atoms with Crippen molar-refractivity contribution in [2.24, 2.45) is 0 Å². The second-order valence-electron chi connectivity index (χ2n) is 4.19. The van der Waals surface area contributed by atoms with Gasteiger partial charge < -0.3 is 4.52 Å². The maximum Gasteiger partial charge on any atom is 0.453 e.